The molecule has 0 spiro atoms. The summed E-state index contributed by atoms with van der Waals surface area (Å²) in [6.07, 6.45) is -14.0. The summed E-state index contributed by atoms with van der Waals surface area (Å²) in [5.74, 6) is -12.8. The van der Waals surface area contributed by atoms with Gasteiger partial charge < -0.3 is 4.74 Å². The van der Waals surface area contributed by atoms with E-state index in [9.17, 15) is 44.3 Å². The van der Waals surface area contributed by atoms with Crippen molar-refractivity contribution in [2.75, 3.05) is 29.6 Å². The molecule has 0 aromatic rings. The smallest absolute Gasteiger partial charge is 0.394 e. The minimum atomic E-state index is -5.39. The predicted octanol–water partition coefficient (Wildman–Crippen LogP) is 6.60. The van der Waals surface area contributed by atoms with E-state index in [1.54, 1.807) is 0 Å². The first-order valence-corrected chi connectivity index (χ1v) is 10.9. The first-order chi connectivity index (χ1) is 13.4. The van der Waals surface area contributed by atoms with Crippen LogP contribution in [-0.4, -0.2) is 59.5 Å². The monoisotopic (exact) mass is 494 g/mol. The number of thioether (sulfide) groups is 2. The summed E-state index contributed by atoms with van der Waals surface area (Å²) in [5.41, 5.74) is 0.256. The Labute approximate surface area is 177 Å². The molecule has 0 saturated carbocycles. The number of halogens is 9. The second-order valence-electron chi connectivity index (χ2n) is 6.60. The Morgan fingerprint density at radius 1 is 0.767 bits per heavy atom. The van der Waals surface area contributed by atoms with E-state index in [1.807, 2.05) is 0 Å². The fourth-order valence-corrected chi connectivity index (χ4v) is 4.12. The lowest BCUT2D eigenvalue weighted by Gasteiger charge is -2.27. The number of hydrogen-bond acceptors (Lipinski definition) is 4. The Hall–Kier alpha value is -0.720. The number of ether oxygens (including phenoxy) is 1. The van der Waals surface area contributed by atoms with E-state index in [4.69, 9.17) is 4.74 Å². The van der Waals surface area contributed by atoms with Crippen LogP contribution in [0.1, 0.15) is 32.6 Å². The zero-order chi connectivity index (χ0) is 23.6. The van der Waals surface area contributed by atoms with Crippen LogP contribution in [0.15, 0.2) is 12.2 Å². The Bertz CT molecular complexity index is 552. The van der Waals surface area contributed by atoms with E-state index < -0.39 is 55.6 Å². The highest BCUT2D eigenvalue weighted by atomic mass is 32.2. The van der Waals surface area contributed by atoms with Gasteiger partial charge in [-0.2, -0.15) is 36.7 Å². The molecule has 0 fully saturated rings. The van der Waals surface area contributed by atoms with Gasteiger partial charge in [0.1, 0.15) is 13.0 Å². The Morgan fingerprint density at radius 3 is 1.73 bits per heavy atom. The van der Waals surface area contributed by atoms with Crippen molar-refractivity contribution in [3.8, 4) is 0 Å². The molecule has 2 nitrogen and oxygen atoms in total. The highest BCUT2D eigenvalue weighted by molar-refractivity contribution is 8.02. The van der Waals surface area contributed by atoms with Gasteiger partial charge in [-0.3, -0.25) is 0 Å². The standard InChI is InChI=1S/C17H23F9O2S2/c1-12(2)13(27)28-4-6-30-8-7-29-5-3-14(18,19)9-15(20,21)10-16(22,23)11-17(24,25)26/h1,3-11H2,2H3. The van der Waals surface area contributed by atoms with Crippen LogP contribution in [0.4, 0.5) is 39.5 Å². The molecule has 0 bridgehead atoms. The normalized spacial score (nSPS) is 13.4. The van der Waals surface area contributed by atoms with Gasteiger partial charge in [-0.1, -0.05) is 6.58 Å². The second kappa shape index (κ2) is 12.4. The number of rotatable bonds is 15. The number of alkyl halides is 9. The van der Waals surface area contributed by atoms with Crippen LogP contribution in [0, 0.1) is 0 Å². The van der Waals surface area contributed by atoms with Crippen molar-refractivity contribution in [3.05, 3.63) is 12.2 Å². The van der Waals surface area contributed by atoms with Gasteiger partial charge in [-0.05, 0) is 12.7 Å². The van der Waals surface area contributed by atoms with E-state index in [0.29, 0.717) is 17.3 Å². The van der Waals surface area contributed by atoms with Crippen LogP contribution in [0.2, 0.25) is 0 Å². The Kier molecular flexibility index (Phi) is 12.1. The van der Waals surface area contributed by atoms with Gasteiger partial charge in [-0.25, -0.2) is 31.1 Å². The molecule has 0 aliphatic carbocycles. The molecular weight excluding hydrogens is 471 g/mol. The van der Waals surface area contributed by atoms with Crippen molar-refractivity contribution >= 4 is 29.5 Å². The minimum absolute atomic E-state index is 0.146. The van der Waals surface area contributed by atoms with Gasteiger partial charge in [0.05, 0.1) is 12.8 Å². The SMILES string of the molecule is C=C(C)C(=O)OCCSCCSCCC(F)(F)CC(F)(F)CC(F)(F)CC(F)(F)F. The summed E-state index contributed by atoms with van der Waals surface area (Å²) in [4.78, 5) is 11.1. The number of hydrogen-bond donors (Lipinski definition) is 0. The molecule has 13 heteroatoms. The highest BCUT2D eigenvalue weighted by Gasteiger charge is 2.52. The highest BCUT2D eigenvalue weighted by Crippen LogP contribution is 2.43. The molecule has 0 rings (SSSR count). The largest absolute Gasteiger partial charge is 0.461 e. The summed E-state index contributed by atoms with van der Waals surface area (Å²) in [5, 5.41) is 0. The minimum Gasteiger partial charge on any atom is -0.461 e. The summed E-state index contributed by atoms with van der Waals surface area (Å²) in [6.45, 7) is 5.04. The van der Waals surface area contributed by atoms with Gasteiger partial charge in [0, 0.05) is 29.3 Å². The van der Waals surface area contributed by atoms with E-state index >= 15 is 0 Å². The third-order valence-electron chi connectivity index (χ3n) is 3.29. The third kappa shape index (κ3) is 16.0. The van der Waals surface area contributed by atoms with Crippen molar-refractivity contribution in [1.29, 1.82) is 0 Å². The van der Waals surface area contributed by atoms with Crippen LogP contribution in [-0.2, 0) is 9.53 Å². The quantitative estimate of drug-likeness (QED) is 0.111. The van der Waals surface area contributed by atoms with Gasteiger partial charge in [0.15, 0.2) is 0 Å². The van der Waals surface area contributed by atoms with E-state index in [1.165, 1.54) is 18.7 Å². The van der Waals surface area contributed by atoms with Gasteiger partial charge in [-0.15, -0.1) is 0 Å². The first kappa shape index (κ1) is 29.3. The zero-order valence-electron chi connectivity index (χ0n) is 16.1. The Morgan fingerprint density at radius 2 is 1.23 bits per heavy atom. The van der Waals surface area contributed by atoms with Gasteiger partial charge in [0.25, 0.3) is 17.8 Å². The molecule has 0 heterocycles. The maximum absolute atomic E-state index is 13.6. The van der Waals surface area contributed by atoms with Crippen LogP contribution < -0.4 is 0 Å². The van der Waals surface area contributed by atoms with Crippen LogP contribution in [0.3, 0.4) is 0 Å². The maximum Gasteiger partial charge on any atom is 0.394 e. The molecule has 0 atom stereocenters. The Balaban J connectivity index is 4.11. The molecule has 0 radical (unpaired) electrons. The third-order valence-corrected chi connectivity index (χ3v) is 5.48. The van der Waals surface area contributed by atoms with E-state index in [2.05, 4.69) is 6.58 Å². The molecule has 0 amide bonds. The molecule has 178 valence electrons. The first-order valence-electron chi connectivity index (χ1n) is 8.63. The average molecular weight is 494 g/mol. The molecular formula is C17H23F9O2S2. The zero-order valence-corrected chi connectivity index (χ0v) is 17.7. The fraction of sp³-hybridized carbons (Fsp3) is 0.824. The number of carbonyl (C=O) groups excluding carboxylic acids is 1. The summed E-state index contributed by atoms with van der Waals surface area (Å²) >= 11 is 2.41. The van der Waals surface area contributed by atoms with Gasteiger partial charge in [0.2, 0.25) is 0 Å². The lowest BCUT2D eigenvalue weighted by Crippen LogP contribution is -2.37. The predicted molar refractivity (Wildman–Crippen MR) is 99.8 cm³/mol. The van der Waals surface area contributed by atoms with Crippen LogP contribution >= 0.6 is 23.5 Å². The summed E-state index contributed by atoms with van der Waals surface area (Å²) in [6, 6.07) is 0. The summed E-state index contributed by atoms with van der Waals surface area (Å²) in [7, 11) is 0. The van der Waals surface area contributed by atoms with E-state index in [-0.39, 0.29) is 17.9 Å². The number of esters is 1. The molecule has 0 N–H and O–H groups in total. The van der Waals surface area contributed by atoms with Gasteiger partial charge >= 0.3 is 12.1 Å². The van der Waals surface area contributed by atoms with Crippen molar-refractivity contribution in [1.82, 2.24) is 0 Å². The molecule has 0 aliphatic rings. The average Bonchev–Trinajstić information content (AvgIpc) is 2.47. The van der Waals surface area contributed by atoms with Crippen molar-refractivity contribution < 1.29 is 49.0 Å². The molecule has 0 aliphatic heterocycles. The lowest BCUT2D eigenvalue weighted by atomic mass is 10.00. The van der Waals surface area contributed by atoms with Crippen LogP contribution in [0.5, 0.6) is 0 Å². The van der Waals surface area contributed by atoms with Crippen LogP contribution in [0.25, 0.3) is 0 Å². The molecule has 0 aromatic carbocycles. The maximum atomic E-state index is 13.6. The van der Waals surface area contributed by atoms with E-state index in [0.717, 1.165) is 11.8 Å². The topological polar surface area (TPSA) is 26.3 Å². The lowest BCUT2D eigenvalue weighted by molar-refractivity contribution is -0.213. The molecule has 30 heavy (non-hydrogen) atoms. The molecule has 0 aromatic heterocycles. The van der Waals surface area contributed by atoms with Crippen molar-refractivity contribution in [3.63, 3.8) is 0 Å². The molecule has 0 saturated heterocycles. The van der Waals surface area contributed by atoms with Crippen molar-refractivity contribution in [2.45, 2.75) is 56.6 Å². The molecule has 0 unspecified atom stereocenters. The summed E-state index contributed by atoms with van der Waals surface area (Å²) < 4.78 is 121. The second-order valence-corrected chi connectivity index (χ2v) is 9.05. The van der Waals surface area contributed by atoms with Crippen molar-refractivity contribution in [2.24, 2.45) is 0 Å². The fourth-order valence-electron chi connectivity index (χ4n) is 2.12. The number of carbonyl (C=O) groups is 1.